The van der Waals surface area contributed by atoms with E-state index in [2.05, 4.69) is 10.6 Å². The van der Waals surface area contributed by atoms with Gasteiger partial charge in [0.2, 0.25) is 0 Å². The zero-order valence-electron chi connectivity index (χ0n) is 9.83. The van der Waals surface area contributed by atoms with E-state index in [4.69, 9.17) is 21.1 Å². The van der Waals surface area contributed by atoms with Gasteiger partial charge in [-0.25, -0.2) is 0 Å². The van der Waals surface area contributed by atoms with Gasteiger partial charge in [-0.1, -0.05) is 11.6 Å². The molecule has 0 amide bonds. The van der Waals surface area contributed by atoms with Crippen LogP contribution in [0, 0.1) is 0 Å². The zero-order chi connectivity index (χ0) is 12.1. The number of ether oxygens (including phenoxy) is 2. The van der Waals surface area contributed by atoms with E-state index in [9.17, 15) is 0 Å². The van der Waals surface area contributed by atoms with Gasteiger partial charge in [0.05, 0.1) is 30.5 Å². The monoisotopic (exact) mass is 256 g/mol. The number of anilines is 1. The summed E-state index contributed by atoms with van der Waals surface area (Å²) in [5.74, 6) is 0.760. The second kappa shape index (κ2) is 6.10. The molecule has 1 aromatic rings. The second-order valence-corrected chi connectivity index (χ2v) is 4.33. The van der Waals surface area contributed by atoms with Crippen molar-refractivity contribution in [2.45, 2.75) is 6.10 Å². The van der Waals surface area contributed by atoms with Gasteiger partial charge >= 0.3 is 0 Å². The Morgan fingerprint density at radius 1 is 1.59 bits per heavy atom. The van der Waals surface area contributed by atoms with Crippen LogP contribution in [-0.2, 0) is 4.74 Å². The van der Waals surface area contributed by atoms with E-state index in [1.165, 1.54) is 0 Å². The van der Waals surface area contributed by atoms with Crippen molar-refractivity contribution in [1.82, 2.24) is 5.32 Å². The molecule has 0 saturated carbocycles. The lowest BCUT2D eigenvalue weighted by Gasteiger charge is -2.24. The lowest BCUT2D eigenvalue weighted by atomic mass is 10.2. The summed E-state index contributed by atoms with van der Waals surface area (Å²) in [6.45, 7) is 3.32. The maximum Gasteiger partial charge on any atom is 0.120 e. The van der Waals surface area contributed by atoms with Crippen LogP contribution in [0.1, 0.15) is 0 Å². The number of hydrogen-bond acceptors (Lipinski definition) is 4. The van der Waals surface area contributed by atoms with Crippen LogP contribution in [0.5, 0.6) is 5.75 Å². The maximum absolute atomic E-state index is 6.13. The van der Waals surface area contributed by atoms with Crippen molar-refractivity contribution in [3.05, 3.63) is 23.2 Å². The molecule has 0 spiro atoms. The summed E-state index contributed by atoms with van der Waals surface area (Å²) in [6, 6.07) is 5.59. The fraction of sp³-hybridized carbons (Fsp3) is 0.500. The highest BCUT2D eigenvalue weighted by atomic mass is 35.5. The summed E-state index contributed by atoms with van der Waals surface area (Å²) in [5, 5.41) is 7.23. The third kappa shape index (κ3) is 3.49. The molecule has 1 saturated heterocycles. The van der Waals surface area contributed by atoms with Crippen molar-refractivity contribution in [1.29, 1.82) is 0 Å². The fourth-order valence-corrected chi connectivity index (χ4v) is 1.98. The summed E-state index contributed by atoms with van der Waals surface area (Å²) in [5.41, 5.74) is 0.904. The summed E-state index contributed by atoms with van der Waals surface area (Å²) in [6.07, 6.45) is 0.196. The van der Waals surface area contributed by atoms with E-state index >= 15 is 0 Å². The molecule has 2 N–H and O–H groups in total. The topological polar surface area (TPSA) is 42.5 Å². The molecule has 1 heterocycles. The standard InChI is InChI=1S/C12H17ClN2O2/c1-16-9-2-3-12(11(13)6-9)15-8-10-7-14-4-5-17-10/h2-3,6,10,14-15H,4-5,7-8H2,1H3. The molecule has 0 radical (unpaired) electrons. The van der Waals surface area contributed by atoms with Gasteiger partial charge in [0.25, 0.3) is 0 Å². The van der Waals surface area contributed by atoms with Crippen molar-refractivity contribution in [2.24, 2.45) is 0 Å². The van der Waals surface area contributed by atoms with Gasteiger partial charge < -0.3 is 20.1 Å². The van der Waals surface area contributed by atoms with Gasteiger partial charge in [-0.2, -0.15) is 0 Å². The number of benzene rings is 1. The molecule has 1 fully saturated rings. The third-order valence-corrected chi connectivity index (χ3v) is 3.01. The van der Waals surface area contributed by atoms with E-state index in [1.807, 2.05) is 12.1 Å². The molecule has 17 heavy (non-hydrogen) atoms. The molecular weight excluding hydrogens is 240 g/mol. The first-order valence-corrected chi connectivity index (χ1v) is 6.07. The average Bonchev–Trinajstić information content (AvgIpc) is 2.38. The van der Waals surface area contributed by atoms with E-state index in [-0.39, 0.29) is 6.10 Å². The van der Waals surface area contributed by atoms with Gasteiger partial charge in [-0.15, -0.1) is 0 Å². The molecule has 5 heteroatoms. The van der Waals surface area contributed by atoms with E-state index in [1.54, 1.807) is 13.2 Å². The molecule has 1 unspecified atom stereocenters. The van der Waals surface area contributed by atoms with Crippen LogP contribution in [0.4, 0.5) is 5.69 Å². The van der Waals surface area contributed by atoms with Gasteiger partial charge in [0.15, 0.2) is 0 Å². The Labute approximate surface area is 106 Å². The van der Waals surface area contributed by atoms with Gasteiger partial charge in [0, 0.05) is 25.7 Å². The Morgan fingerprint density at radius 3 is 3.12 bits per heavy atom. The summed E-state index contributed by atoms with van der Waals surface area (Å²) in [4.78, 5) is 0. The van der Waals surface area contributed by atoms with Crippen LogP contribution in [0.15, 0.2) is 18.2 Å². The normalized spacial score (nSPS) is 20.0. The SMILES string of the molecule is COc1ccc(NCC2CNCCO2)c(Cl)c1. The van der Waals surface area contributed by atoms with Gasteiger partial charge in [-0.05, 0) is 12.1 Å². The summed E-state index contributed by atoms with van der Waals surface area (Å²) in [7, 11) is 1.63. The van der Waals surface area contributed by atoms with Crippen LogP contribution in [0.2, 0.25) is 5.02 Å². The molecule has 0 bridgehead atoms. The predicted molar refractivity (Wildman–Crippen MR) is 69.1 cm³/mol. The highest BCUT2D eigenvalue weighted by molar-refractivity contribution is 6.33. The van der Waals surface area contributed by atoms with Crippen molar-refractivity contribution < 1.29 is 9.47 Å². The molecule has 1 aliphatic rings. The number of nitrogens with one attached hydrogen (secondary N) is 2. The molecule has 4 nitrogen and oxygen atoms in total. The van der Waals surface area contributed by atoms with E-state index in [0.717, 1.165) is 37.7 Å². The molecule has 1 aromatic carbocycles. The number of halogens is 1. The van der Waals surface area contributed by atoms with Crippen molar-refractivity contribution in [2.75, 3.05) is 38.7 Å². The van der Waals surface area contributed by atoms with E-state index in [0.29, 0.717) is 5.02 Å². The Morgan fingerprint density at radius 2 is 2.47 bits per heavy atom. The van der Waals surface area contributed by atoms with Crippen LogP contribution in [-0.4, -0.2) is 39.5 Å². The molecule has 2 rings (SSSR count). The summed E-state index contributed by atoms with van der Waals surface area (Å²) >= 11 is 6.13. The Kier molecular flexibility index (Phi) is 4.48. The Bertz CT molecular complexity index is 368. The number of morpholine rings is 1. The minimum Gasteiger partial charge on any atom is -0.497 e. The fourth-order valence-electron chi connectivity index (χ4n) is 1.74. The first kappa shape index (κ1) is 12.5. The first-order chi connectivity index (χ1) is 8.29. The van der Waals surface area contributed by atoms with Crippen LogP contribution in [0.3, 0.4) is 0 Å². The van der Waals surface area contributed by atoms with Crippen molar-refractivity contribution in [3.63, 3.8) is 0 Å². The molecule has 94 valence electrons. The Hall–Kier alpha value is -0.970. The van der Waals surface area contributed by atoms with Crippen molar-refractivity contribution in [3.8, 4) is 5.75 Å². The Balaban J connectivity index is 1.89. The highest BCUT2D eigenvalue weighted by Gasteiger charge is 2.13. The molecule has 1 atom stereocenters. The summed E-state index contributed by atoms with van der Waals surface area (Å²) < 4.78 is 10.7. The zero-order valence-corrected chi connectivity index (χ0v) is 10.6. The van der Waals surface area contributed by atoms with Gasteiger partial charge in [0.1, 0.15) is 5.75 Å². The molecule has 0 aliphatic carbocycles. The maximum atomic E-state index is 6.13. The lowest BCUT2D eigenvalue weighted by molar-refractivity contribution is 0.0372. The van der Waals surface area contributed by atoms with Crippen LogP contribution < -0.4 is 15.4 Å². The average molecular weight is 257 g/mol. The number of methoxy groups -OCH3 is 1. The first-order valence-electron chi connectivity index (χ1n) is 5.69. The largest absolute Gasteiger partial charge is 0.497 e. The number of rotatable bonds is 4. The lowest BCUT2D eigenvalue weighted by Crippen LogP contribution is -2.42. The minimum atomic E-state index is 0.196. The smallest absolute Gasteiger partial charge is 0.120 e. The number of hydrogen-bond donors (Lipinski definition) is 2. The highest BCUT2D eigenvalue weighted by Crippen LogP contribution is 2.26. The minimum absolute atomic E-state index is 0.196. The molecular formula is C12H17ClN2O2. The predicted octanol–water partition coefficient (Wildman–Crippen LogP) is 1.75. The van der Waals surface area contributed by atoms with Gasteiger partial charge in [-0.3, -0.25) is 0 Å². The quantitative estimate of drug-likeness (QED) is 0.861. The van der Waals surface area contributed by atoms with E-state index < -0.39 is 0 Å². The third-order valence-electron chi connectivity index (χ3n) is 2.70. The van der Waals surface area contributed by atoms with Crippen LogP contribution in [0.25, 0.3) is 0 Å². The van der Waals surface area contributed by atoms with Crippen LogP contribution >= 0.6 is 11.6 Å². The molecule has 0 aromatic heterocycles. The second-order valence-electron chi connectivity index (χ2n) is 3.92. The van der Waals surface area contributed by atoms with Crippen molar-refractivity contribution >= 4 is 17.3 Å². The molecule has 1 aliphatic heterocycles.